The molecule has 6 nitrogen and oxygen atoms in total. The van der Waals surface area contributed by atoms with Gasteiger partial charge < -0.3 is 4.90 Å². The highest BCUT2D eigenvalue weighted by molar-refractivity contribution is 7.98. The van der Waals surface area contributed by atoms with Gasteiger partial charge in [0.05, 0.1) is 39.7 Å². The van der Waals surface area contributed by atoms with Gasteiger partial charge in [0.25, 0.3) is 5.91 Å². The van der Waals surface area contributed by atoms with Gasteiger partial charge in [-0.1, -0.05) is 53.5 Å². The number of carbonyl (C=O) groups is 3. The highest BCUT2D eigenvalue weighted by atomic mass is 35.5. The largest absolute Gasteiger partial charge is 0.416 e. The van der Waals surface area contributed by atoms with E-state index in [-0.39, 0.29) is 12.2 Å². The maximum Gasteiger partial charge on any atom is 0.416 e. The second kappa shape index (κ2) is 10.6. The van der Waals surface area contributed by atoms with E-state index in [0.29, 0.717) is 39.0 Å². The fraction of sp³-hybridized carbons (Fsp3) is 0.300. The summed E-state index contributed by atoms with van der Waals surface area (Å²) >= 11 is 13.9. The van der Waals surface area contributed by atoms with Crippen LogP contribution in [-0.4, -0.2) is 35.8 Å². The van der Waals surface area contributed by atoms with E-state index in [2.05, 4.69) is 5.32 Å². The highest BCUT2D eigenvalue weighted by Gasteiger charge is 2.71. The summed E-state index contributed by atoms with van der Waals surface area (Å²) in [6.07, 6.45) is -2.28. The lowest BCUT2D eigenvalue weighted by Gasteiger charge is -2.31. The zero-order valence-electron chi connectivity index (χ0n) is 22.1. The number of amides is 3. The first kappa shape index (κ1) is 29.0. The maximum atomic E-state index is 14.6. The lowest BCUT2D eigenvalue weighted by atomic mass is 9.76. The van der Waals surface area contributed by atoms with Crippen LogP contribution in [0.1, 0.15) is 23.1 Å². The molecule has 3 aliphatic rings. The van der Waals surface area contributed by atoms with Crippen molar-refractivity contribution in [3.63, 3.8) is 0 Å². The summed E-state index contributed by atoms with van der Waals surface area (Å²) in [4.78, 5) is 45.1. The van der Waals surface area contributed by atoms with Crippen LogP contribution in [-0.2, 0) is 32.6 Å². The van der Waals surface area contributed by atoms with Crippen molar-refractivity contribution in [1.82, 2.24) is 5.32 Å². The Bertz CT molecular complexity index is 1620. The Morgan fingerprint density at radius 2 is 1.71 bits per heavy atom. The van der Waals surface area contributed by atoms with Crippen molar-refractivity contribution in [2.24, 2.45) is 11.8 Å². The Morgan fingerprint density at radius 3 is 2.43 bits per heavy atom. The van der Waals surface area contributed by atoms with Gasteiger partial charge in [0, 0.05) is 17.3 Å². The fourth-order valence-electron chi connectivity index (χ4n) is 6.49. The first-order valence-electron chi connectivity index (χ1n) is 13.2. The van der Waals surface area contributed by atoms with Crippen LogP contribution in [0.4, 0.5) is 24.5 Å². The lowest BCUT2D eigenvalue weighted by Crippen LogP contribution is -2.55. The molecule has 0 unspecified atom stereocenters. The molecule has 3 aromatic carbocycles. The molecule has 1 N–H and O–H groups in total. The molecule has 3 amide bonds. The van der Waals surface area contributed by atoms with Crippen molar-refractivity contribution >= 4 is 64.1 Å². The maximum absolute atomic E-state index is 14.6. The van der Waals surface area contributed by atoms with Gasteiger partial charge in [-0.05, 0) is 60.4 Å². The van der Waals surface area contributed by atoms with Crippen molar-refractivity contribution in [3.8, 4) is 0 Å². The molecule has 0 saturated carbocycles. The van der Waals surface area contributed by atoms with E-state index in [9.17, 15) is 27.6 Å². The van der Waals surface area contributed by atoms with E-state index in [1.165, 1.54) is 12.1 Å². The number of hydrogen-bond acceptors (Lipinski definition) is 5. The van der Waals surface area contributed by atoms with Gasteiger partial charge in [-0.3, -0.25) is 19.7 Å². The second-order valence-electron chi connectivity index (χ2n) is 10.6. The summed E-state index contributed by atoms with van der Waals surface area (Å²) in [6, 6.07) is 15.7. The average molecular weight is 635 g/mol. The second-order valence-corrected chi connectivity index (χ2v) is 12.4. The minimum absolute atomic E-state index is 0.127. The number of nitrogens with zero attached hydrogens (tertiary/aromatic N) is 2. The number of fused-ring (bicyclic) bond motifs is 4. The minimum Gasteiger partial charge on any atom is -0.306 e. The third-order valence-corrected chi connectivity index (χ3v) is 9.64. The molecular formula is C30H24Cl2F3N3O3S. The summed E-state index contributed by atoms with van der Waals surface area (Å²) in [5.41, 5.74) is -0.896. The smallest absolute Gasteiger partial charge is 0.306 e. The van der Waals surface area contributed by atoms with Gasteiger partial charge in [0.15, 0.2) is 0 Å². The first-order chi connectivity index (χ1) is 20.0. The normalized spacial score (nSPS) is 25.1. The molecule has 0 aromatic heterocycles. The number of nitrogens with one attached hydrogen (secondary N) is 1. The van der Waals surface area contributed by atoms with Gasteiger partial charge in [-0.25, -0.2) is 4.90 Å². The minimum atomic E-state index is -4.66. The SMILES string of the molecule is CSCC[C@@H]1N[C@]2(C(=O)N(Cc3ccc(Cl)c(Cl)c3)c3ccccc32)[C@H]2C(=O)N(c3cccc(C(F)(F)F)c3)C(=O)[C@@H]12. The molecule has 3 aromatic rings. The van der Waals surface area contributed by atoms with Crippen LogP contribution >= 0.6 is 35.0 Å². The Hall–Kier alpha value is -3.05. The number of imide groups is 1. The molecule has 3 aliphatic heterocycles. The van der Waals surface area contributed by atoms with Gasteiger partial charge >= 0.3 is 6.18 Å². The lowest BCUT2D eigenvalue weighted by molar-refractivity contribution is -0.137. The van der Waals surface area contributed by atoms with E-state index < -0.39 is 52.9 Å². The molecular weight excluding hydrogens is 610 g/mol. The molecule has 12 heteroatoms. The van der Waals surface area contributed by atoms with Crippen LogP contribution in [0, 0.1) is 11.8 Å². The summed E-state index contributed by atoms with van der Waals surface area (Å²) in [5.74, 6) is -3.19. The Kier molecular flexibility index (Phi) is 7.32. The number of halogens is 5. The molecule has 6 rings (SSSR count). The fourth-order valence-corrected chi connectivity index (χ4v) is 7.30. The summed E-state index contributed by atoms with van der Waals surface area (Å²) < 4.78 is 40.6. The molecule has 218 valence electrons. The van der Waals surface area contributed by atoms with Crippen LogP contribution in [0.25, 0.3) is 0 Å². The number of carbonyl (C=O) groups excluding carboxylic acids is 3. The van der Waals surface area contributed by atoms with Crippen molar-refractivity contribution in [1.29, 1.82) is 0 Å². The Labute approximate surface area is 254 Å². The molecule has 2 saturated heterocycles. The van der Waals surface area contributed by atoms with E-state index >= 15 is 0 Å². The van der Waals surface area contributed by atoms with Crippen LogP contribution < -0.4 is 15.1 Å². The van der Waals surface area contributed by atoms with Crippen LogP contribution in [0.3, 0.4) is 0 Å². The van der Waals surface area contributed by atoms with Crippen LogP contribution in [0.15, 0.2) is 66.7 Å². The van der Waals surface area contributed by atoms with Gasteiger partial charge in [-0.2, -0.15) is 24.9 Å². The molecule has 0 aliphatic carbocycles. The summed E-state index contributed by atoms with van der Waals surface area (Å²) in [6.45, 7) is 0.127. The average Bonchev–Trinajstić information content (AvgIpc) is 3.52. The standard InChI is InChI=1S/C30H24Cl2F3N3O3S/c1-42-12-11-22-24-25(27(40)38(26(24)39)18-6-4-5-17(14-18)30(33,34)35)29(36-22)19-7-2-3-8-23(19)37(28(29)41)15-16-9-10-20(31)21(32)13-16/h2-10,13-14,22,24-25,36H,11-12,15H2,1H3/t22-,24-,25+,29-/m0/s1. The summed E-state index contributed by atoms with van der Waals surface area (Å²) in [7, 11) is 0. The molecule has 4 atom stereocenters. The molecule has 3 heterocycles. The van der Waals surface area contributed by atoms with Crippen molar-refractivity contribution in [3.05, 3.63) is 93.5 Å². The molecule has 0 bridgehead atoms. The first-order valence-corrected chi connectivity index (χ1v) is 15.3. The van der Waals surface area contributed by atoms with E-state index in [0.717, 1.165) is 17.0 Å². The number of thioether (sulfide) groups is 1. The Balaban J connectivity index is 1.46. The third-order valence-electron chi connectivity index (χ3n) is 8.26. The van der Waals surface area contributed by atoms with Crippen molar-refractivity contribution in [2.75, 3.05) is 21.8 Å². The number of anilines is 2. The van der Waals surface area contributed by atoms with Crippen LogP contribution in [0.5, 0.6) is 0 Å². The van der Waals surface area contributed by atoms with Gasteiger partial charge in [0.2, 0.25) is 11.8 Å². The van der Waals surface area contributed by atoms with E-state index in [1.807, 2.05) is 6.26 Å². The van der Waals surface area contributed by atoms with Crippen molar-refractivity contribution < 1.29 is 27.6 Å². The zero-order chi connectivity index (χ0) is 30.0. The number of alkyl halides is 3. The Morgan fingerprint density at radius 1 is 0.952 bits per heavy atom. The van der Waals surface area contributed by atoms with Gasteiger partial charge in [0.1, 0.15) is 5.54 Å². The highest BCUT2D eigenvalue weighted by Crippen LogP contribution is 2.56. The number of para-hydroxylation sites is 1. The number of hydrogen-bond donors (Lipinski definition) is 1. The molecule has 0 radical (unpaired) electrons. The van der Waals surface area contributed by atoms with Crippen LogP contribution in [0.2, 0.25) is 10.0 Å². The quantitative estimate of drug-likeness (QED) is 0.323. The zero-order valence-corrected chi connectivity index (χ0v) is 24.4. The predicted molar refractivity (Wildman–Crippen MR) is 157 cm³/mol. The van der Waals surface area contributed by atoms with E-state index in [1.54, 1.807) is 59.1 Å². The number of benzene rings is 3. The molecule has 2 fully saturated rings. The monoisotopic (exact) mass is 633 g/mol. The van der Waals surface area contributed by atoms with Crippen molar-refractivity contribution in [2.45, 2.75) is 30.7 Å². The summed E-state index contributed by atoms with van der Waals surface area (Å²) in [5, 5.41) is 4.11. The third kappa shape index (κ3) is 4.42. The topological polar surface area (TPSA) is 69.7 Å². The molecule has 42 heavy (non-hydrogen) atoms. The van der Waals surface area contributed by atoms with E-state index in [4.69, 9.17) is 23.2 Å². The predicted octanol–water partition coefficient (Wildman–Crippen LogP) is 6.29. The molecule has 1 spiro atoms. The number of rotatable bonds is 6. The van der Waals surface area contributed by atoms with Gasteiger partial charge in [-0.15, -0.1) is 0 Å².